The SMILES string of the molecule is Cc1cc(-n2ncc(C(=O)c3cc4cc(C)c(N5C(=O)NC6(CCOCC6)C5=O)cc4[nH]3)c2N)ccc1Oc1ccccc1F. The maximum Gasteiger partial charge on any atom is 0.329 e. The number of urea groups is 1. The summed E-state index contributed by atoms with van der Waals surface area (Å²) >= 11 is 0. The molecule has 3 aromatic carbocycles. The molecule has 2 aliphatic rings. The third-order valence-corrected chi connectivity index (χ3v) is 8.44. The number of hydrogen-bond donors (Lipinski definition) is 3. The Balaban J connectivity index is 1.15. The summed E-state index contributed by atoms with van der Waals surface area (Å²) in [5.41, 5.74) is 8.97. The maximum atomic E-state index is 14.1. The maximum absolute atomic E-state index is 14.1. The minimum absolute atomic E-state index is 0.110. The van der Waals surface area contributed by atoms with E-state index >= 15 is 0 Å². The minimum atomic E-state index is -0.961. The van der Waals surface area contributed by atoms with Crippen LogP contribution in [0.4, 0.5) is 20.7 Å². The van der Waals surface area contributed by atoms with E-state index in [0.717, 1.165) is 5.39 Å². The predicted molar refractivity (Wildman–Crippen MR) is 164 cm³/mol. The van der Waals surface area contributed by atoms with E-state index in [4.69, 9.17) is 15.2 Å². The topological polar surface area (TPSA) is 145 Å². The Kier molecular flexibility index (Phi) is 6.66. The molecule has 228 valence electrons. The first-order chi connectivity index (χ1) is 21.6. The first kappa shape index (κ1) is 28.3. The minimum Gasteiger partial charge on any atom is -0.454 e. The van der Waals surface area contributed by atoms with Crippen molar-refractivity contribution in [3.8, 4) is 17.2 Å². The Bertz CT molecular complexity index is 2030. The first-order valence-electron chi connectivity index (χ1n) is 14.4. The van der Waals surface area contributed by atoms with Crippen molar-refractivity contribution in [2.75, 3.05) is 23.8 Å². The van der Waals surface area contributed by atoms with Gasteiger partial charge in [0, 0.05) is 37.0 Å². The largest absolute Gasteiger partial charge is 0.454 e. The van der Waals surface area contributed by atoms with Gasteiger partial charge in [0.2, 0.25) is 5.78 Å². The molecule has 0 radical (unpaired) electrons. The molecule has 2 aromatic heterocycles. The monoisotopic (exact) mass is 608 g/mol. The van der Waals surface area contributed by atoms with Gasteiger partial charge in [0.25, 0.3) is 5.91 Å². The van der Waals surface area contributed by atoms with E-state index < -0.39 is 17.4 Å². The molecule has 0 atom stereocenters. The number of anilines is 2. The quantitative estimate of drug-likeness (QED) is 0.175. The average molecular weight is 609 g/mol. The van der Waals surface area contributed by atoms with E-state index in [9.17, 15) is 18.8 Å². The fourth-order valence-electron chi connectivity index (χ4n) is 5.95. The van der Waals surface area contributed by atoms with Crippen LogP contribution in [0.1, 0.15) is 40.0 Å². The van der Waals surface area contributed by atoms with Crippen molar-refractivity contribution < 1.29 is 28.2 Å². The number of benzene rings is 3. The van der Waals surface area contributed by atoms with Gasteiger partial charge in [-0.2, -0.15) is 5.10 Å². The molecule has 4 heterocycles. The van der Waals surface area contributed by atoms with Crippen LogP contribution >= 0.6 is 0 Å². The number of rotatable bonds is 6. The number of hydrogen-bond acceptors (Lipinski definition) is 7. The van der Waals surface area contributed by atoms with Gasteiger partial charge in [0.1, 0.15) is 17.1 Å². The number of para-hydroxylation sites is 1. The van der Waals surface area contributed by atoms with Crippen LogP contribution in [-0.4, -0.2) is 51.2 Å². The average Bonchev–Trinajstić information content (AvgIpc) is 3.68. The van der Waals surface area contributed by atoms with Crippen LogP contribution in [0, 0.1) is 19.7 Å². The van der Waals surface area contributed by atoms with Crippen LogP contribution in [-0.2, 0) is 9.53 Å². The molecule has 2 fully saturated rings. The number of nitrogens with one attached hydrogen (secondary N) is 2. The highest BCUT2D eigenvalue weighted by Gasteiger charge is 2.52. The second kappa shape index (κ2) is 10.6. The van der Waals surface area contributed by atoms with Crippen molar-refractivity contribution in [1.29, 1.82) is 0 Å². The lowest BCUT2D eigenvalue weighted by molar-refractivity contribution is -0.125. The predicted octanol–water partition coefficient (Wildman–Crippen LogP) is 5.32. The van der Waals surface area contributed by atoms with Gasteiger partial charge >= 0.3 is 6.03 Å². The van der Waals surface area contributed by atoms with E-state index in [2.05, 4.69) is 15.4 Å². The van der Waals surface area contributed by atoms with Crippen molar-refractivity contribution in [3.63, 3.8) is 0 Å². The number of ketones is 1. The number of carbonyl (C=O) groups excluding carboxylic acids is 3. The summed E-state index contributed by atoms with van der Waals surface area (Å²) in [6.45, 7) is 4.42. The Labute approximate surface area is 256 Å². The fraction of sp³-hybridized carbons (Fsp3) is 0.212. The second-order valence-electron chi connectivity index (χ2n) is 11.3. The third-order valence-electron chi connectivity index (χ3n) is 8.44. The van der Waals surface area contributed by atoms with Crippen molar-refractivity contribution in [3.05, 3.63) is 95.1 Å². The zero-order chi connectivity index (χ0) is 31.5. The standard InChI is InChI=1S/C33H29FN6O5/c1-18-13-20-15-25(37-24(20)16-26(18)39-31(42)33(38-32(39)43)9-11-44-12-10-33)29(41)22-17-36-40(30(22)35)21-7-8-27(19(2)14-21)45-28-6-4-3-5-23(28)34/h3-8,13-17,37H,9-12,35H2,1-2H3,(H,38,43). The lowest BCUT2D eigenvalue weighted by atomic mass is 9.90. The summed E-state index contributed by atoms with van der Waals surface area (Å²) in [4.78, 5) is 44.3. The molecule has 5 aromatic rings. The number of nitrogens with two attached hydrogens (primary N) is 1. The number of ether oxygens (including phenoxy) is 2. The highest BCUT2D eigenvalue weighted by Crippen LogP contribution is 2.36. The number of amides is 3. The van der Waals surface area contributed by atoms with Gasteiger partial charge < -0.3 is 25.5 Å². The van der Waals surface area contributed by atoms with E-state index in [1.54, 1.807) is 48.5 Å². The van der Waals surface area contributed by atoms with Gasteiger partial charge in [0.15, 0.2) is 11.6 Å². The highest BCUT2D eigenvalue weighted by molar-refractivity contribution is 6.24. The summed E-state index contributed by atoms with van der Waals surface area (Å²) in [5, 5.41) is 7.97. The smallest absolute Gasteiger partial charge is 0.329 e. The third kappa shape index (κ3) is 4.70. The highest BCUT2D eigenvalue weighted by atomic mass is 19.1. The Morgan fingerprint density at radius 1 is 1.02 bits per heavy atom. The summed E-state index contributed by atoms with van der Waals surface area (Å²) in [5.74, 6) is -0.431. The van der Waals surface area contributed by atoms with Gasteiger partial charge in [-0.05, 0) is 73.5 Å². The second-order valence-corrected chi connectivity index (χ2v) is 11.3. The number of nitrogens with zero attached hydrogens (tertiary/aromatic N) is 3. The molecule has 2 aliphatic heterocycles. The molecule has 3 amide bonds. The summed E-state index contributed by atoms with van der Waals surface area (Å²) < 4.78 is 26.7. The number of aromatic amines is 1. The van der Waals surface area contributed by atoms with Gasteiger partial charge in [-0.3, -0.25) is 9.59 Å². The number of nitrogen functional groups attached to an aromatic ring is 1. The zero-order valence-corrected chi connectivity index (χ0v) is 24.5. The zero-order valence-electron chi connectivity index (χ0n) is 24.5. The number of halogens is 1. The molecule has 4 N–H and O–H groups in total. The molecule has 7 rings (SSSR count). The van der Waals surface area contributed by atoms with Crippen LogP contribution in [0.5, 0.6) is 11.5 Å². The molecule has 2 saturated heterocycles. The molecule has 11 nitrogen and oxygen atoms in total. The summed E-state index contributed by atoms with van der Waals surface area (Å²) in [6.07, 6.45) is 2.23. The van der Waals surface area contributed by atoms with E-state index in [0.29, 0.717) is 59.8 Å². The first-order valence-corrected chi connectivity index (χ1v) is 14.4. The number of H-pyrrole nitrogens is 1. The van der Waals surface area contributed by atoms with Crippen molar-refractivity contribution >= 4 is 40.1 Å². The van der Waals surface area contributed by atoms with Gasteiger partial charge in [-0.15, -0.1) is 0 Å². The van der Waals surface area contributed by atoms with E-state index in [-0.39, 0.29) is 34.5 Å². The van der Waals surface area contributed by atoms with Crippen molar-refractivity contribution in [2.45, 2.75) is 32.2 Å². The van der Waals surface area contributed by atoms with Crippen LogP contribution in [0.2, 0.25) is 0 Å². The van der Waals surface area contributed by atoms with Crippen LogP contribution in [0.3, 0.4) is 0 Å². The number of carbonyl (C=O) groups is 3. The molecule has 0 aliphatic carbocycles. The number of imide groups is 1. The van der Waals surface area contributed by atoms with Gasteiger partial charge in [-0.25, -0.2) is 18.8 Å². The number of fused-ring (bicyclic) bond motifs is 1. The van der Waals surface area contributed by atoms with Crippen LogP contribution in [0.15, 0.2) is 66.9 Å². The molecule has 1 spiro atoms. The number of aromatic nitrogens is 3. The molecule has 0 unspecified atom stereocenters. The summed E-state index contributed by atoms with van der Waals surface area (Å²) in [6, 6.07) is 16.1. The Morgan fingerprint density at radius 2 is 1.80 bits per heavy atom. The summed E-state index contributed by atoms with van der Waals surface area (Å²) in [7, 11) is 0. The lowest BCUT2D eigenvalue weighted by Crippen LogP contribution is -2.51. The normalized spacial score (nSPS) is 16.0. The van der Waals surface area contributed by atoms with Crippen molar-refractivity contribution in [2.24, 2.45) is 0 Å². The molecule has 45 heavy (non-hydrogen) atoms. The Hall–Kier alpha value is -5.49. The van der Waals surface area contributed by atoms with E-state index in [1.807, 2.05) is 19.9 Å². The van der Waals surface area contributed by atoms with E-state index in [1.165, 1.54) is 21.8 Å². The molecule has 0 bridgehead atoms. The van der Waals surface area contributed by atoms with Gasteiger partial charge in [-0.1, -0.05) is 12.1 Å². The molecular weight excluding hydrogens is 579 g/mol. The Morgan fingerprint density at radius 3 is 2.56 bits per heavy atom. The van der Waals surface area contributed by atoms with Crippen LogP contribution < -0.4 is 20.7 Å². The fourth-order valence-corrected chi connectivity index (χ4v) is 5.95. The molecule has 0 saturated carbocycles. The lowest BCUT2D eigenvalue weighted by Gasteiger charge is -2.30. The van der Waals surface area contributed by atoms with Crippen molar-refractivity contribution in [1.82, 2.24) is 20.1 Å². The molecular formula is C33H29FN6O5. The number of aryl methyl sites for hydroxylation is 2. The van der Waals surface area contributed by atoms with Crippen LogP contribution in [0.25, 0.3) is 16.6 Å². The molecule has 12 heteroatoms. The van der Waals surface area contributed by atoms with Gasteiger partial charge in [0.05, 0.1) is 28.8 Å².